The van der Waals surface area contributed by atoms with Crippen molar-refractivity contribution in [3.8, 4) is 0 Å². The minimum absolute atomic E-state index is 0.0696. The Bertz CT molecular complexity index is 517. The first-order valence-electron chi connectivity index (χ1n) is 13.3. The quantitative estimate of drug-likeness (QED) is 0.183. The van der Waals surface area contributed by atoms with Crippen LogP contribution in [0.1, 0.15) is 110 Å². The Labute approximate surface area is 191 Å². The van der Waals surface area contributed by atoms with E-state index >= 15 is 0 Å². The Balaban J connectivity index is 1.66. The Morgan fingerprint density at radius 3 is 2.13 bits per heavy atom. The summed E-state index contributed by atoms with van der Waals surface area (Å²) in [5.74, 6) is 0.150. The Kier molecular flexibility index (Phi) is 12.5. The first-order valence-corrected chi connectivity index (χ1v) is 13.3. The van der Waals surface area contributed by atoms with E-state index in [2.05, 4.69) is 14.0 Å². The largest absolute Gasteiger partial charge is 0.454 e. The second-order valence-electron chi connectivity index (χ2n) is 10.3. The predicted octanol–water partition coefficient (Wildman–Crippen LogP) is 5.46. The second kappa shape index (κ2) is 14.9. The molecule has 31 heavy (non-hydrogen) atoms. The molecule has 180 valence electrons. The van der Waals surface area contributed by atoms with E-state index in [1.54, 1.807) is 0 Å². The van der Waals surface area contributed by atoms with Crippen LogP contribution in [0.15, 0.2) is 0 Å². The van der Waals surface area contributed by atoms with E-state index in [1.165, 1.54) is 70.6 Å². The van der Waals surface area contributed by atoms with Gasteiger partial charge >= 0.3 is 5.97 Å². The number of ether oxygens (including phenoxy) is 1. The predicted molar refractivity (Wildman–Crippen MR) is 127 cm³/mol. The SMILES string of the molecule is CCCCCCCCCCCCC(=O)OC(CN1CCCC1=O)C[N+]1(C)CCCCC1. The van der Waals surface area contributed by atoms with Crippen molar-refractivity contribution in [2.24, 2.45) is 0 Å². The summed E-state index contributed by atoms with van der Waals surface area (Å²) in [7, 11) is 2.29. The number of carbonyl (C=O) groups excluding carboxylic acids is 2. The summed E-state index contributed by atoms with van der Waals surface area (Å²) in [6, 6.07) is 0. The molecule has 0 spiro atoms. The van der Waals surface area contributed by atoms with Crippen molar-refractivity contribution in [3.05, 3.63) is 0 Å². The van der Waals surface area contributed by atoms with E-state index in [4.69, 9.17) is 4.74 Å². The molecule has 1 amide bonds. The zero-order chi connectivity index (χ0) is 22.4. The van der Waals surface area contributed by atoms with Crippen LogP contribution in [-0.2, 0) is 14.3 Å². The summed E-state index contributed by atoms with van der Waals surface area (Å²) in [5.41, 5.74) is 0. The Morgan fingerprint density at radius 2 is 1.55 bits per heavy atom. The van der Waals surface area contributed by atoms with Crippen LogP contribution in [0.25, 0.3) is 0 Å². The highest BCUT2D eigenvalue weighted by atomic mass is 16.5. The molecule has 5 heteroatoms. The molecular formula is C26H49N2O3+. The molecule has 0 saturated carbocycles. The van der Waals surface area contributed by atoms with Gasteiger partial charge in [-0.05, 0) is 32.1 Å². The first kappa shape index (κ1) is 26.2. The number of unbranched alkanes of at least 4 members (excludes halogenated alkanes) is 9. The van der Waals surface area contributed by atoms with Crippen LogP contribution >= 0.6 is 0 Å². The van der Waals surface area contributed by atoms with Crippen LogP contribution in [0, 0.1) is 0 Å². The zero-order valence-electron chi connectivity index (χ0n) is 20.5. The van der Waals surface area contributed by atoms with Gasteiger partial charge in [0.05, 0.1) is 26.7 Å². The van der Waals surface area contributed by atoms with E-state index in [0.717, 1.165) is 49.9 Å². The van der Waals surface area contributed by atoms with E-state index < -0.39 is 0 Å². The van der Waals surface area contributed by atoms with Crippen molar-refractivity contribution in [1.29, 1.82) is 0 Å². The minimum atomic E-state index is -0.166. The third-order valence-corrected chi connectivity index (χ3v) is 7.17. The van der Waals surface area contributed by atoms with Gasteiger partial charge in [-0.2, -0.15) is 0 Å². The number of likely N-dealkylation sites (tertiary alicyclic amines) is 2. The Morgan fingerprint density at radius 1 is 0.935 bits per heavy atom. The van der Waals surface area contributed by atoms with Crippen molar-refractivity contribution in [3.63, 3.8) is 0 Å². The van der Waals surface area contributed by atoms with Crippen molar-refractivity contribution >= 4 is 11.9 Å². The molecule has 0 aromatic heterocycles. The van der Waals surface area contributed by atoms with Crippen molar-refractivity contribution in [1.82, 2.24) is 4.90 Å². The van der Waals surface area contributed by atoms with Crippen LogP contribution in [0.3, 0.4) is 0 Å². The van der Waals surface area contributed by atoms with Gasteiger partial charge in [0.1, 0.15) is 6.54 Å². The summed E-state index contributed by atoms with van der Waals surface area (Å²) in [6.07, 6.45) is 18.4. The summed E-state index contributed by atoms with van der Waals surface area (Å²) >= 11 is 0. The number of hydrogen-bond acceptors (Lipinski definition) is 3. The van der Waals surface area contributed by atoms with Gasteiger partial charge in [-0.25, -0.2) is 0 Å². The number of amides is 1. The summed E-state index contributed by atoms with van der Waals surface area (Å²) in [6.45, 7) is 6.80. The van der Waals surface area contributed by atoms with Crippen LogP contribution in [0.2, 0.25) is 0 Å². The topological polar surface area (TPSA) is 46.6 Å². The molecule has 2 fully saturated rings. The van der Waals surface area contributed by atoms with Gasteiger partial charge in [0.25, 0.3) is 0 Å². The molecule has 1 unspecified atom stereocenters. The number of rotatable bonds is 16. The summed E-state index contributed by atoms with van der Waals surface area (Å²) < 4.78 is 6.93. The second-order valence-corrected chi connectivity index (χ2v) is 10.3. The molecule has 0 N–H and O–H groups in total. The van der Waals surface area contributed by atoms with Crippen molar-refractivity contribution < 1.29 is 18.8 Å². The molecule has 2 aliphatic heterocycles. The molecule has 2 rings (SSSR count). The number of carbonyl (C=O) groups is 2. The molecule has 2 saturated heterocycles. The Hall–Kier alpha value is -1.10. The third kappa shape index (κ3) is 10.9. The zero-order valence-corrected chi connectivity index (χ0v) is 20.5. The maximum Gasteiger partial charge on any atom is 0.306 e. The highest BCUT2D eigenvalue weighted by Gasteiger charge is 2.33. The van der Waals surface area contributed by atoms with Crippen LogP contribution < -0.4 is 0 Å². The normalized spacial score (nSPS) is 19.5. The molecule has 2 heterocycles. The average molecular weight is 438 g/mol. The lowest BCUT2D eigenvalue weighted by Crippen LogP contribution is -2.54. The third-order valence-electron chi connectivity index (χ3n) is 7.17. The lowest BCUT2D eigenvalue weighted by atomic mass is 10.1. The number of hydrogen-bond donors (Lipinski definition) is 0. The highest BCUT2D eigenvalue weighted by Crippen LogP contribution is 2.20. The molecule has 5 nitrogen and oxygen atoms in total. The van der Waals surface area contributed by atoms with Gasteiger partial charge in [-0.15, -0.1) is 0 Å². The van der Waals surface area contributed by atoms with Gasteiger partial charge in [0.2, 0.25) is 5.91 Å². The number of piperidine rings is 1. The van der Waals surface area contributed by atoms with Crippen LogP contribution in [0.4, 0.5) is 0 Å². The molecule has 0 radical (unpaired) electrons. The van der Waals surface area contributed by atoms with Gasteiger partial charge in [-0.1, -0.05) is 64.7 Å². The molecule has 0 aliphatic carbocycles. The lowest BCUT2D eigenvalue weighted by molar-refractivity contribution is -0.916. The van der Waals surface area contributed by atoms with E-state index in [1.807, 2.05) is 4.90 Å². The van der Waals surface area contributed by atoms with Gasteiger partial charge < -0.3 is 14.1 Å². The van der Waals surface area contributed by atoms with Crippen molar-refractivity contribution in [2.45, 2.75) is 116 Å². The van der Waals surface area contributed by atoms with Gasteiger partial charge in [-0.3, -0.25) is 9.59 Å². The van der Waals surface area contributed by atoms with Gasteiger partial charge in [0, 0.05) is 19.4 Å². The van der Waals surface area contributed by atoms with Crippen LogP contribution in [0.5, 0.6) is 0 Å². The highest BCUT2D eigenvalue weighted by molar-refractivity contribution is 5.78. The van der Waals surface area contributed by atoms with E-state index in [9.17, 15) is 9.59 Å². The molecule has 2 aliphatic rings. The fourth-order valence-electron chi connectivity index (χ4n) is 5.23. The minimum Gasteiger partial charge on any atom is -0.454 e. The monoisotopic (exact) mass is 437 g/mol. The fourth-order valence-corrected chi connectivity index (χ4v) is 5.23. The number of quaternary nitrogens is 1. The maximum absolute atomic E-state index is 12.6. The number of nitrogens with zero attached hydrogens (tertiary/aromatic N) is 2. The average Bonchev–Trinajstić information content (AvgIpc) is 3.14. The van der Waals surface area contributed by atoms with Gasteiger partial charge in [0.15, 0.2) is 6.10 Å². The smallest absolute Gasteiger partial charge is 0.306 e. The molecular weight excluding hydrogens is 388 g/mol. The van der Waals surface area contributed by atoms with E-state index in [0.29, 0.717) is 19.4 Å². The molecule has 0 bridgehead atoms. The standard InChI is InChI=1S/C26H49N2O3/c1-3-4-5-6-7-8-9-10-11-13-18-26(30)31-24(22-27-19-16-17-25(27)29)23-28(2)20-14-12-15-21-28/h24H,3-23H2,1-2H3/q+1. The number of esters is 1. The maximum atomic E-state index is 12.6. The summed E-state index contributed by atoms with van der Waals surface area (Å²) in [4.78, 5) is 26.6. The molecule has 1 atom stereocenters. The van der Waals surface area contributed by atoms with Crippen LogP contribution in [-0.4, -0.2) is 67.1 Å². The lowest BCUT2D eigenvalue weighted by Gasteiger charge is -2.40. The molecule has 0 aromatic rings. The number of likely N-dealkylation sites (N-methyl/N-ethyl adjacent to an activating group) is 1. The van der Waals surface area contributed by atoms with Crippen molar-refractivity contribution in [2.75, 3.05) is 39.8 Å². The first-order chi connectivity index (χ1) is 15.0. The fraction of sp³-hybridized carbons (Fsp3) is 0.923. The van der Waals surface area contributed by atoms with E-state index in [-0.39, 0.29) is 18.0 Å². The summed E-state index contributed by atoms with van der Waals surface area (Å²) in [5, 5.41) is 0. The molecule has 0 aromatic carbocycles.